The number of hydrogen-bond acceptors (Lipinski definition) is 4. The zero-order chi connectivity index (χ0) is 16.1. The van der Waals surface area contributed by atoms with Gasteiger partial charge >= 0.3 is 0 Å². The molecule has 0 saturated carbocycles. The molecule has 2 aromatic rings. The van der Waals surface area contributed by atoms with Crippen LogP contribution in [0.1, 0.15) is 21.6 Å². The molecular weight excluding hydrogens is 285 g/mol. The number of nitrogens with one attached hydrogen (secondary N) is 2. The number of carbonyl (C=O) groups is 1. The average Bonchev–Trinajstić information content (AvgIpc) is 2.83. The summed E-state index contributed by atoms with van der Waals surface area (Å²) in [5.41, 5.74) is 1.68. The normalized spacial score (nSPS) is 10.1. The van der Waals surface area contributed by atoms with Crippen LogP contribution >= 0.6 is 0 Å². The van der Waals surface area contributed by atoms with Gasteiger partial charge in [-0.3, -0.25) is 9.48 Å². The van der Waals surface area contributed by atoms with Gasteiger partial charge in [-0.15, -0.1) is 0 Å². The molecule has 0 saturated heterocycles. The molecule has 2 rings (SSSR count). The predicted octanol–water partition coefficient (Wildman–Crippen LogP) is 1.58. The first kappa shape index (κ1) is 15.5. The number of rotatable bonds is 5. The van der Waals surface area contributed by atoms with Crippen molar-refractivity contribution in [1.29, 1.82) is 5.26 Å². The van der Waals surface area contributed by atoms with Crippen molar-refractivity contribution in [1.82, 2.24) is 15.1 Å². The highest BCUT2D eigenvalue weighted by molar-refractivity contribution is 5.95. The fraction of sp³-hybridized carbons (Fsp3) is 0.267. The molecule has 0 radical (unpaired) electrons. The Kier molecular flexibility index (Phi) is 4.73. The van der Waals surface area contributed by atoms with Gasteiger partial charge in [0.2, 0.25) is 0 Å². The van der Waals surface area contributed by atoms with Gasteiger partial charge in [0.1, 0.15) is 17.4 Å². The first-order chi connectivity index (χ1) is 10.5. The molecule has 0 aliphatic rings. The number of amides is 1. The number of benzene rings is 1. The molecule has 1 heterocycles. The van der Waals surface area contributed by atoms with E-state index in [2.05, 4.69) is 15.7 Å². The number of aryl methyl sites for hydroxylation is 1. The van der Waals surface area contributed by atoms with E-state index in [0.717, 1.165) is 5.69 Å². The van der Waals surface area contributed by atoms with Crippen molar-refractivity contribution in [2.45, 2.75) is 6.92 Å². The highest BCUT2D eigenvalue weighted by Gasteiger charge is 2.12. The lowest BCUT2D eigenvalue weighted by Gasteiger charge is -2.09. The first-order valence-electron chi connectivity index (χ1n) is 6.74. The molecule has 22 heavy (non-hydrogen) atoms. The highest BCUT2D eigenvalue weighted by atomic mass is 19.1. The zero-order valence-corrected chi connectivity index (χ0v) is 12.4. The third-order valence-electron chi connectivity index (χ3n) is 3.33. The molecule has 6 nitrogen and oxygen atoms in total. The van der Waals surface area contributed by atoms with E-state index in [1.165, 1.54) is 18.3 Å². The topological polar surface area (TPSA) is 82.7 Å². The van der Waals surface area contributed by atoms with Gasteiger partial charge in [-0.1, -0.05) is 6.07 Å². The quantitative estimate of drug-likeness (QED) is 0.821. The smallest absolute Gasteiger partial charge is 0.254 e. The fourth-order valence-electron chi connectivity index (χ4n) is 1.98. The molecule has 114 valence electrons. The van der Waals surface area contributed by atoms with Crippen molar-refractivity contribution in [3.63, 3.8) is 0 Å². The highest BCUT2D eigenvalue weighted by Crippen LogP contribution is 2.17. The molecule has 0 aliphatic heterocycles. The van der Waals surface area contributed by atoms with Crippen LogP contribution in [-0.2, 0) is 7.05 Å². The van der Waals surface area contributed by atoms with E-state index in [-0.39, 0.29) is 11.5 Å². The number of hydrogen-bond donors (Lipinski definition) is 2. The van der Waals surface area contributed by atoms with Gasteiger partial charge in [-0.05, 0) is 19.1 Å². The molecule has 1 aromatic carbocycles. The molecule has 0 aliphatic carbocycles. The standard InChI is InChI=1S/C15H16FN5O/c1-10-12(9-20-21(10)2)15(22)19-7-6-18-14-5-3-4-13(16)11(14)8-17/h3-5,9,18H,6-7H2,1-2H3,(H,19,22). The fourth-order valence-corrected chi connectivity index (χ4v) is 1.98. The van der Waals surface area contributed by atoms with Gasteiger partial charge in [0.05, 0.1) is 17.4 Å². The molecule has 1 aromatic heterocycles. The van der Waals surface area contributed by atoms with Gasteiger partial charge in [0.15, 0.2) is 0 Å². The minimum atomic E-state index is -0.567. The van der Waals surface area contributed by atoms with E-state index in [4.69, 9.17) is 5.26 Å². The van der Waals surface area contributed by atoms with E-state index in [1.807, 2.05) is 13.0 Å². The second-order valence-electron chi connectivity index (χ2n) is 4.72. The van der Waals surface area contributed by atoms with Crippen molar-refractivity contribution in [2.75, 3.05) is 18.4 Å². The minimum absolute atomic E-state index is 0.0306. The third kappa shape index (κ3) is 3.23. The Balaban J connectivity index is 1.88. The van der Waals surface area contributed by atoms with E-state index in [0.29, 0.717) is 24.3 Å². The molecule has 0 unspecified atom stereocenters. The summed E-state index contributed by atoms with van der Waals surface area (Å²) in [6, 6.07) is 6.19. The summed E-state index contributed by atoms with van der Waals surface area (Å²) in [5, 5.41) is 18.6. The summed E-state index contributed by atoms with van der Waals surface area (Å²) in [5.74, 6) is -0.783. The summed E-state index contributed by atoms with van der Waals surface area (Å²) in [4.78, 5) is 12.0. The predicted molar refractivity (Wildman–Crippen MR) is 79.9 cm³/mol. The second-order valence-corrected chi connectivity index (χ2v) is 4.72. The second kappa shape index (κ2) is 6.72. The zero-order valence-electron chi connectivity index (χ0n) is 12.4. The first-order valence-corrected chi connectivity index (χ1v) is 6.74. The van der Waals surface area contributed by atoms with Crippen molar-refractivity contribution in [3.05, 3.63) is 47.0 Å². The Morgan fingerprint density at radius 1 is 1.45 bits per heavy atom. The number of nitriles is 1. The lowest BCUT2D eigenvalue weighted by molar-refractivity contribution is 0.0954. The van der Waals surface area contributed by atoms with Crippen LogP contribution in [0, 0.1) is 24.1 Å². The summed E-state index contributed by atoms with van der Waals surface area (Å²) in [6.45, 7) is 2.53. The van der Waals surface area contributed by atoms with E-state index in [1.54, 1.807) is 17.8 Å². The van der Waals surface area contributed by atoms with Crippen LogP contribution in [0.2, 0.25) is 0 Å². The summed E-state index contributed by atoms with van der Waals surface area (Å²) < 4.78 is 15.0. The van der Waals surface area contributed by atoms with Crippen molar-refractivity contribution >= 4 is 11.6 Å². The van der Waals surface area contributed by atoms with Crippen LogP contribution < -0.4 is 10.6 Å². The van der Waals surface area contributed by atoms with Gasteiger partial charge < -0.3 is 10.6 Å². The molecular formula is C15H16FN5O. The van der Waals surface area contributed by atoms with E-state index in [9.17, 15) is 9.18 Å². The van der Waals surface area contributed by atoms with Gasteiger partial charge in [0, 0.05) is 25.8 Å². The Morgan fingerprint density at radius 3 is 2.86 bits per heavy atom. The largest absolute Gasteiger partial charge is 0.382 e. The Labute approximate surface area is 127 Å². The summed E-state index contributed by atoms with van der Waals surface area (Å²) in [7, 11) is 1.76. The van der Waals surface area contributed by atoms with Crippen LogP contribution in [0.3, 0.4) is 0 Å². The molecule has 0 spiro atoms. The molecule has 2 N–H and O–H groups in total. The van der Waals surface area contributed by atoms with Crippen molar-refractivity contribution < 1.29 is 9.18 Å². The van der Waals surface area contributed by atoms with E-state index >= 15 is 0 Å². The molecule has 0 bridgehead atoms. The Bertz CT molecular complexity index is 732. The Morgan fingerprint density at radius 2 is 2.23 bits per heavy atom. The van der Waals surface area contributed by atoms with E-state index < -0.39 is 5.82 Å². The minimum Gasteiger partial charge on any atom is -0.382 e. The van der Waals surface area contributed by atoms with Crippen LogP contribution in [0.4, 0.5) is 10.1 Å². The molecule has 1 amide bonds. The SMILES string of the molecule is Cc1c(C(=O)NCCNc2cccc(F)c2C#N)cnn1C. The molecule has 0 atom stereocenters. The number of aromatic nitrogens is 2. The summed E-state index contributed by atoms with van der Waals surface area (Å²) >= 11 is 0. The maximum absolute atomic E-state index is 13.4. The number of nitrogens with zero attached hydrogens (tertiary/aromatic N) is 3. The maximum atomic E-state index is 13.4. The van der Waals surface area contributed by atoms with Crippen LogP contribution in [-0.4, -0.2) is 28.8 Å². The molecule has 7 heteroatoms. The third-order valence-corrected chi connectivity index (χ3v) is 3.33. The van der Waals surface area contributed by atoms with Crippen LogP contribution in [0.25, 0.3) is 0 Å². The lowest BCUT2D eigenvalue weighted by Crippen LogP contribution is -2.29. The van der Waals surface area contributed by atoms with Gasteiger partial charge in [0.25, 0.3) is 5.91 Å². The summed E-state index contributed by atoms with van der Waals surface area (Å²) in [6.07, 6.45) is 1.51. The Hall–Kier alpha value is -2.88. The maximum Gasteiger partial charge on any atom is 0.254 e. The molecule has 0 fully saturated rings. The van der Waals surface area contributed by atoms with Crippen molar-refractivity contribution in [2.24, 2.45) is 7.05 Å². The van der Waals surface area contributed by atoms with Crippen LogP contribution in [0.15, 0.2) is 24.4 Å². The number of halogens is 1. The number of carbonyl (C=O) groups excluding carboxylic acids is 1. The van der Waals surface area contributed by atoms with Crippen LogP contribution in [0.5, 0.6) is 0 Å². The number of anilines is 1. The monoisotopic (exact) mass is 301 g/mol. The lowest BCUT2D eigenvalue weighted by atomic mass is 10.2. The van der Waals surface area contributed by atoms with Gasteiger partial charge in [-0.25, -0.2) is 4.39 Å². The average molecular weight is 301 g/mol. The van der Waals surface area contributed by atoms with Gasteiger partial charge in [-0.2, -0.15) is 10.4 Å². The van der Waals surface area contributed by atoms with Crippen molar-refractivity contribution in [3.8, 4) is 6.07 Å².